The van der Waals surface area contributed by atoms with E-state index in [0.29, 0.717) is 0 Å². The Kier molecular flexibility index (Phi) is 30.0. The molecule has 0 fully saturated rings. The van der Waals surface area contributed by atoms with Crippen molar-refractivity contribution in [3.8, 4) is 0 Å². The summed E-state index contributed by atoms with van der Waals surface area (Å²) in [7, 11) is -1.03. The van der Waals surface area contributed by atoms with Crippen LogP contribution in [0.25, 0.3) is 16.0 Å². The second-order valence-corrected chi connectivity index (χ2v) is 24.9. The molecule has 0 spiro atoms. The Balaban J connectivity index is 0. The van der Waals surface area contributed by atoms with Gasteiger partial charge in [-0.1, -0.05) is 91.0 Å². The Morgan fingerprint density at radius 3 is 0.681 bits per heavy atom. The molecule has 0 heterocycles. The fourth-order valence-electron chi connectivity index (χ4n) is 5.24. The van der Waals surface area contributed by atoms with Crippen LogP contribution in [0.4, 0.5) is 17.1 Å². The molecule has 47 heavy (non-hydrogen) atoms. The summed E-state index contributed by atoms with van der Waals surface area (Å²) in [6, 6.07) is 30.9. The van der Waals surface area contributed by atoms with Crippen molar-refractivity contribution in [1.82, 2.24) is 0 Å². The molecule has 0 atom stereocenters. The van der Waals surface area contributed by atoms with Crippen molar-refractivity contribution in [2.75, 3.05) is 18.9 Å². The first-order chi connectivity index (χ1) is 21.3. The van der Waals surface area contributed by atoms with Crippen LogP contribution in [0.15, 0.2) is 91.0 Å². The van der Waals surface area contributed by atoms with Gasteiger partial charge in [0.25, 0.3) is 0 Å². The zero-order chi connectivity index (χ0) is 33.8. The fraction of sp³-hybridized carbons (Fsp3) is 0.538. The number of benzene rings is 3. The second-order valence-electron chi connectivity index (χ2n) is 13.6. The van der Waals surface area contributed by atoms with E-state index in [1.165, 1.54) is 0 Å². The molecule has 0 aromatic heterocycles. The Morgan fingerprint density at radius 1 is 0.362 bits per heavy atom. The van der Waals surface area contributed by atoms with Gasteiger partial charge in [0, 0.05) is 52.1 Å². The van der Waals surface area contributed by atoms with Gasteiger partial charge in [0.05, 0.1) is 34.0 Å². The molecule has 3 aromatic carbocycles. The van der Waals surface area contributed by atoms with Crippen LogP contribution < -0.4 is 0 Å². The van der Waals surface area contributed by atoms with E-state index >= 15 is 0 Å². The summed E-state index contributed by atoms with van der Waals surface area (Å²) in [6.07, 6.45) is 3.14. The Bertz CT molecular complexity index is 939. The van der Waals surface area contributed by atoms with Crippen molar-refractivity contribution in [2.45, 2.75) is 117 Å². The van der Waals surface area contributed by atoms with Gasteiger partial charge in [-0.05, 0) is 126 Å². The van der Waals surface area contributed by atoms with Crippen LogP contribution in [0.2, 0.25) is 0 Å². The van der Waals surface area contributed by atoms with E-state index in [4.69, 9.17) is 16.0 Å². The van der Waals surface area contributed by atoms with Crippen LogP contribution in [-0.2, 0) is 16.5 Å². The summed E-state index contributed by atoms with van der Waals surface area (Å²) in [4.78, 5) is 0. The zero-order valence-electron chi connectivity index (χ0n) is 31.5. The summed E-state index contributed by atoms with van der Waals surface area (Å²) in [5, 5.41) is 14.1. The van der Waals surface area contributed by atoms with Gasteiger partial charge in [0.1, 0.15) is 0 Å². The Morgan fingerprint density at radius 2 is 0.532 bits per heavy atom. The van der Waals surface area contributed by atoms with E-state index in [0.717, 1.165) is 69.9 Å². The average Bonchev–Trinajstić information content (AvgIpc) is 2.99. The molecule has 0 N–H and O–H groups in total. The maximum Gasteiger partial charge on any atom is 0.0607 e. The number of nitrogens with zero attached hydrogens (tertiary/aromatic N) is 3. The second kappa shape index (κ2) is 28.7. The SMILES string of the molecule is CC(C)[PH+](C[N-]c1ccccc1)C(C)C.CC(C)[PH+](C[N-]c1ccccc1)C(C)C.CC(C)[PH+](C[N-]c1ccccc1)C(C)C.[La].[Ni]. The van der Waals surface area contributed by atoms with E-state index in [1.54, 1.807) is 0 Å². The molecule has 3 rings (SSSR count). The molecule has 0 aliphatic carbocycles. The van der Waals surface area contributed by atoms with Gasteiger partial charge in [-0.15, -0.1) is 17.1 Å². The Hall–Kier alpha value is 0.0383. The van der Waals surface area contributed by atoms with E-state index < -0.39 is 0 Å². The summed E-state index contributed by atoms with van der Waals surface area (Å²) in [5.74, 6) is 0. The third-order valence-corrected chi connectivity index (χ3v) is 18.5. The van der Waals surface area contributed by atoms with E-state index in [9.17, 15) is 0 Å². The average molecular weight is 867 g/mol. The maximum atomic E-state index is 4.69. The van der Waals surface area contributed by atoms with E-state index in [1.807, 2.05) is 18.2 Å². The fourth-order valence-corrected chi connectivity index (χ4v) is 12.5. The van der Waals surface area contributed by atoms with Gasteiger partial charge in [-0.2, -0.15) is 0 Å². The molecule has 8 heteroatoms. The van der Waals surface area contributed by atoms with Crippen molar-refractivity contribution in [3.05, 3.63) is 107 Å². The minimum atomic E-state index is -0.343. The first kappa shape index (κ1) is 49.2. The molecular weight excluding hydrogens is 801 g/mol. The van der Waals surface area contributed by atoms with Crippen LogP contribution in [-0.4, -0.2) is 52.8 Å². The van der Waals surface area contributed by atoms with Crippen molar-refractivity contribution in [3.63, 3.8) is 0 Å². The van der Waals surface area contributed by atoms with Crippen LogP contribution in [0.1, 0.15) is 83.1 Å². The minimum absolute atomic E-state index is 0. The van der Waals surface area contributed by atoms with Gasteiger partial charge in [-0.25, -0.2) is 0 Å². The van der Waals surface area contributed by atoms with Crippen molar-refractivity contribution in [2.24, 2.45) is 0 Å². The summed E-state index contributed by atoms with van der Waals surface area (Å²) >= 11 is 0. The number of hydrogen-bond acceptors (Lipinski definition) is 0. The monoisotopic (exact) mass is 866 g/mol. The number of para-hydroxylation sites is 3. The number of rotatable bonds is 15. The van der Waals surface area contributed by atoms with Gasteiger partial charge < -0.3 is 16.0 Å². The molecule has 265 valence electrons. The van der Waals surface area contributed by atoms with Gasteiger partial charge in [0.15, 0.2) is 0 Å². The molecular formula is C39H66LaN3NiP3. The molecule has 0 saturated carbocycles. The summed E-state index contributed by atoms with van der Waals surface area (Å²) in [5.41, 5.74) is 8.23. The summed E-state index contributed by atoms with van der Waals surface area (Å²) < 4.78 is 0. The predicted molar refractivity (Wildman–Crippen MR) is 219 cm³/mol. The maximum absolute atomic E-state index is 4.69. The largest absolute Gasteiger partial charge is 0.652 e. The molecule has 3 nitrogen and oxygen atoms in total. The Labute approximate surface area is 333 Å². The van der Waals surface area contributed by atoms with Crippen LogP contribution in [0.3, 0.4) is 0 Å². The molecule has 0 saturated heterocycles. The molecule has 0 bridgehead atoms. The van der Waals surface area contributed by atoms with Gasteiger partial charge in [-0.3, -0.25) is 0 Å². The zero-order valence-corrected chi connectivity index (χ0v) is 39.1. The van der Waals surface area contributed by atoms with Crippen molar-refractivity contribution < 1.29 is 52.1 Å². The molecule has 0 amide bonds. The topological polar surface area (TPSA) is 42.3 Å². The molecule has 0 aliphatic rings. The molecule has 0 aliphatic heterocycles. The van der Waals surface area contributed by atoms with Crippen LogP contribution >= 0.6 is 23.8 Å². The standard InChI is InChI=1S/3C13H21NP.La.Ni/c3*1-11(2)15(12(3)4)10-14-13-8-6-5-7-9-13;;/h3*5-9,11-12H,10H2,1-4H3;;/q3*-1;;/p+3. The first-order valence-electron chi connectivity index (χ1n) is 17.1. The smallest absolute Gasteiger partial charge is 0.0607 e. The third kappa shape index (κ3) is 22.5. The van der Waals surface area contributed by atoms with Crippen molar-refractivity contribution >= 4 is 40.8 Å². The minimum Gasteiger partial charge on any atom is -0.652 e. The third-order valence-electron chi connectivity index (χ3n) is 8.05. The normalized spacial score (nSPS) is 10.9. The van der Waals surface area contributed by atoms with Crippen molar-refractivity contribution in [1.29, 1.82) is 0 Å². The van der Waals surface area contributed by atoms with E-state index in [-0.39, 0.29) is 75.9 Å². The van der Waals surface area contributed by atoms with Crippen LogP contribution in [0, 0.1) is 35.6 Å². The van der Waals surface area contributed by atoms with E-state index in [2.05, 4.69) is 156 Å². The predicted octanol–water partition coefficient (Wildman–Crippen LogP) is 14.0. The van der Waals surface area contributed by atoms with Gasteiger partial charge in [0.2, 0.25) is 0 Å². The summed E-state index contributed by atoms with van der Waals surface area (Å²) in [6.45, 7) is 27.9. The molecule has 3 aromatic rings. The van der Waals surface area contributed by atoms with Gasteiger partial charge >= 0.3 is 0 Å². The number of hydrogen-bond donors (Lipinski definition) is 0. The quantitative estimate of drug-likeness (QED) is 0.108. The first-order valence-corrected chi connectivity index (χ1v) is 22.7. The molecule has 0 unspecified atom stereocenters. The van der Waals surface area contributed by atoms with Crippen LogP contribution in [0.5, 0.6) is 0 Å². The molecule has 1 radical (unpaired) electrons.